The van der Waals surface area contributed by atoms with Gasteiger partial charge < -0.3 is 4.74 Å². The summed E-state index contributed by atoms with van der Waals surface area (Å²) < 4.78 is 31.6. The molecule has 1 aliphatic heterocycles. The van der Waals surface area contributed by atoms with Crippen molar-refractivity contribution >= 4 is 5.78 Å². The molecule has 0 aromatic heterocycles. The molecule has 1 fully saturated rings. The number of hydrogen-bond donors (Lipinski definition) is 0. The molecular weight excluding hydrogens is 238 g/mol. The van der Waals surface area contributed by atoms with Gasteiger partial charge in [-0.3, -0.25) is 4.79 Å². The van der Waals surface area contributed by atoms with Crippen LogP contribution in [0.5, 0.6) is 5.75 Å². The topological polar surface area (TPSA) is 26.3 Å². The Morgan fingerprint density at radius 1 is 1.11 bits per heavy atom. The minimum Gasteiger partial charge on any atom is -0.450 e. The largest absolute Gasteiger partial charge is 0.450 e. The summed E-state index contributed by atoms with van der Waals surface area (Å²) in [6.45, 7) is 0. The molecular formula is C14H7F2O2. The Hall–Kier alpha value is -1.71. The van der Waals surface area contributed by atoms with Crippen LogP contribution in [0.25, 0.3) is 0 Å². The van der Waals surface area contributed by atoms with Crippen LogP contribution in [0.15, 0.2) is 24.0 Å². The Morgan fingerprint density at radius 3 is 2.56 bits per heavy atom. The molecule has 2 nitrogen and oxygen atoms in total. The van der Waals surface area contributed by atoms with Gasteiger partial charge in [-0.05, 0) is 37.8 Å². The van der Waals surface area contributed by atoms with E-state index in [2.05, 4.69) is 0 Å². The van der Waals surface area contributed by atoms with E-state index in [1.165, 1.54) is 6.08 Å². The van der Waals surface area contributed by atoms with E-state index in [9.17, 15) is 13.6 Å². The zero-order chi connectivity index (χ0) is 12.7. The number of rotatable bonds is 1. The highest BCUT2D eigenvalue weighted by molar-refractivity contribution is 6.12. The molecule has 0 atom stereocenters. The first-order chi connectivity index (χ1) is 8.65. The highest BCUT2D eigenvalue weighted by atomic mass is 19.1. The molecule has 1 aliphatic carbocycles. The highest BCUT2D eigenvalue weighted by Crippen LogP contribution is 2.36. The van der Waals surface area contributed by atoms with Crippen LogP contribution in [0, 0.1) is 43.2 Å². The van der Waals surface area contributed by atoms with Crippen molar-refractivity contribution in [2.24, 2.45) is 0 Å². The average Bonchev–Trinajstić information content (AvgIpc) is 2.91. The number of carbonyl (C=O) groups is 1. The minimum absolute atomic E-state index is 0.000648. The fourth-order valence-corrected chi connectivity index (χ4v) is 1.85. The molecule has 3 rings (SSSR count). The van der Waals surface area contributed by atoms with Gasteiger partial charge in [-0.1, -0.05) is 0 Å². The third-order valence-corrected chi connectivity index (χ3v) is 2.68. The fourth-order valence-electron chi connectivity index (χ4n) is 1.85. The van der Waals surface area contributed by atoms with Crippen LogP contribution in [0.2, 0.25) is 0 Å². The molecule has 2 aliphatic rings. The second-order valence-corrected chi connectivity index (χ2v) is 3.92. The number of Topliss-reactive ketones (excluding diaryl/α,β-unsaturated/α-hetero) is 1. The standard InChI is InChI=1S/C14H7F2O2/c15-9-6-10-13(17)12(5-8-3-1-2-4-8)18-14(10)11(16)7-9/h1-7H/b12-5-. The molecule has 1 aromatic rings. The number of carbonyl (C=O) groups excluding carboxylic acids is 1. The summed E-state index contributed by atoms with van der Waals surface area (Å²) in [6.07, 6.45) is 8.67. The van der Waals surface area contributed by atoms with E-state index in [1.807, 2.05) is 0 Å². The van der Waals surface area contributed by atoms with Gasteiger partial charge in [0.1, 0.15) is 5.82 Å². The van der Waals surface area contributed by atoms with Gasteiger partial charge in [-0.25, -0.2) is 8.78 Å². The van der Waals surface area contributed by atoms with E-state index in [0.717, 1.165) is 12.0 Å². The van der Waals surface area contributed by atoms with Crippen molar-refractivity contribution in [1.29, 1.82) is 0 Å². The first-order valence-corrected chi connectivity index (χ1v) is 5.30. The van der Waals surface area contributed by atoms with Crippen LogP contribution in [0.4, 0.5) is 8.78 Å². The predicted molar refractivity (Wildman–Crippen MR) is 59.8 cm³/mol. The minimum atomic E-state index is -0.871. The number of ether oxygens (including phenoxy) is 1. The lowest BCUT2D eigenvalue weighted by Gasteiger charge is -2.02. The lowest BCUT2D eigenvalue weighted by molar-refractivity contribution is 0.101. The summed E-state index contributed by atoms with van der Waals surface area (Å²) in [7, 11) is 0. The third kappa shape index (κ3) is 1.82. The van der Waals surface area contributed by atoms with E-state index in [0.29, 0.717) is 6.07 Å². The Bertz CT molecular complexity index is 543. The number of halogens is 2. The van der Waals surface area contributed by atoms with E-state index >= 15 is 0 Å². The van der Waals surface area contributed by atoms with Gasteiger partial charge in [0, 0.05) is 12.0 Å². The predicted octanol–water partition coefficient (Wildman–Crippen LogP) is 2.83. The molecule has 1 aromatic carbocycles. The molecule has 0 amide bonds. The number of benzene rings is 1. The van der Waals surface area contributed by atoms with Crippen LogP contribution in [-0.4, -0.2) is 5.78 Å². The molecule has 18 heavy (non-hydrogen) atoms. The SMILES string of the molecule is O=C1/C(=C/[C]2[CH][CH][CH][CH]2)Oc2c(F)cc(F)cc21. The van der Waals surface area contributed by atoms with Gasteiger partial charge in [0.2, 0.25) is 5.78 Å². The van der Waals surface area contributed by atoms with Crippen molar-refractivity contribution in [3.05, 3.63) is 72.8 Å². The summed E-state index contributed by atoms with van der Waals surface area (Å²) in [5.41, 5.74) is -0.0784. The number of ketones is 1. The maximum Gasteiger partial charge on any atom is 0.231 e. The monoisotopic (exact) mass is 245 g/mol. The van der Waals surface area contributed by atoms with E-state index < -0.39 is 17.4 Å². The molecule has 5 radical (unpaired) electrons. The van der Waals surface area contributed by atoms with Crippen molar-refractivity contribution in [1.82, 2.24) is 0 Å². The molecule has 0 bridgehead atoms. The first-order valence-electron chi connectivity index (χ1n) is 5.30. The molecule has 1 heterocycles. The summed E-state index contributed by atoms with van der Waals surface area (Å²) >= 11 is 0. The summed E-state index contributed by atoms with van der Waals surface area (Å²) in [5.74, 6) is -1.61. The van der Waals surface area contributed by atoms with Crippen molar-refractivity contribution in [3.8, 4) is 5.75 Å². The summed E-state index contributed by atoms with van der Waals surface area (Å²) in [6, 6.07) is 1.67. The second kappa shape index (κ2) is 4.19. The van der Waals surface area contributed by atoms with Gasteiger partial charge in [-0.2, -0.15) is 0 Å². The Kier molecular flexibility index (Phi) is 2.65. The number of allylic oxidation sites excluding steroid dienone is 2. The normalized spacial score (nSPS) is 21.4. The molecule has 1 saturated carbocycles. The molecule has 0 N–H and O–H groups in total. The van der Waals surface area contributed by atoms with Gasteiger partial charge in [-0.15, -0.1) is 0 Å². The third-order valence-electron chi connectivity index (χ3n) is 2.68. The Morgan fingerprint density at radius 2 is 1.83 bits per heavy atom. The Labute approximate surface area is 103 Å². The van der Waals surface area contributed by atoms with Crippen LogP contribution in [-0.2, 0) is 0 Å². The molecule has 0 spiro atoms. The van der Waals surface area contributed by atoms with Gasteiger partial charge in [0.25, 0.3) is 0 Å². The number of fused-ring (bicyclic) bond motifs is 1. The van der Waals surface area contributed by atoms with Crippen molar-refractivity contribution in [3.63, 3.8) is 0 Å². The van der Waals surface area contributed by atoms with Gasteiger partial charge >= 0.3 is 0 Å². The highest BCUT2D eigenvalue weighted by Gasteiger charge is 2.32. The van der Waals surface area contributed by atoms with Crippen LogP contribution < -0.4 is 4.74 Å². The number of hydrogen-bond acceptors (Lipinski definition) is 2. The van der Waals surface area contributed by atoms with E-state index in [4.69, 9.17) is 4.74 Å². The maximum absolute atomic E-state index is 13.4. The zero-order valence-corrected chi connectivity index (χ0v) is 9.11. The van der Waals surface area contributed by atoms with Crippen molar-refractivity contribution < 1.29 is 18.3 Å². The smallest absolute Gasteiger partial charge is 0.231 e. The van der Waals surface area contributed by atoms with Crippen LogP contribution >= 0.6 is 0 Å². The van der Waals surface area contributed by atoms with Crippen LogP contribution in [0.3, 0.4) is 0 Å². The van der Waals surface area contributed by atoms with E-state index in [1.54, 1.807) is 25.7 Å². The Balaban J connectivity index is 1.95. The molecule has 0 saturated heterocycles. The summed E-state index contributed by atoms with van der Waals surface area (Å²) in [5, 5.41) is 0. The first kappa shape index (κ1) is 11.4. The lowest BCUT2D eigenvalue weighted by atomic mass is 10.0. The van der Waals surface area contributed by atoms with Gasteiger partial charge in [0.05, 0.1) is 5.56 Å². The van der Waals surface area contributed by atoms with E-state index in [-0.39, 0.29) is 17.1 Å². The lowest BCUT2D eigenvalue weighted by Crippen LogP contribution is -2.01. The quantitative estimate of drug-likeness (QED) is 0.711. The van der Waals surface area contributed by atoms with Gasteiger partial charge in [0.15, 0.2) is 17.3 Å². The molecule has 0 unspecified atom stereocenters. The fraction of sp³-hybridized carbons (Fsp3) is 0. The summed E-state index contributed by atoms with van der Waals surface area (Å²) in [4.78, 5) is 11.9. The second-order valence-electron chi connectivity index (χ2n) is 3.92. The van der Waals surface area contributed by atoms with Crippen molar-refractivity contribution in [2.75, 3.05) is 0 Å². The van der Waals surface area contributed by atoms with Crippen LogP contribution in [0.1, 0.15) is 10.4 Å². The maximum atomic E-state index is 13.4. The molecule has 4 heteroatoms. The average molecular weight is 245 g/mol. The molecule has 89 valence electrons. The zero-order valence-electron chi connectivity index (χ0n) is 9.11. The van der Waals surface area contributed by atoms with Crippen molar-refractivity contribution in [2.45, 2.75) is 0 Å².